The summed E-state index contributed by atoms with van der Waals surface area (Å²) in [4.78, 5) is 23.4. The van der Waals surface area contributed by atoms with Gasteiger partial charge in [0.25, 0.3) is 5.91 Å². The molecule has 1 aliphatic rings. The summed E-state index contributed by atoms with van der Waals surface area (Å²) >= 11 is 0. The second-order valence-corrected chi connectivity index (χ2v) is 5.89. The summed E-state index contributed by atoms with van der Waals surface area (Å²) in [6.07, 6.45) is 7.84. The van der Waals surface area contributed by atoms with Crippen LogP contribution in [0.1, 0.15) is 34.0 Å². The fourth-order valence-corrected chi connectivity index (χ4v) is 3.24. The third-order valence-electron chi connectivity index (χ3n) is 4.42. The predicted molar refractivity (Wildman–Crippen MR) is 85.2 cm³/mol. The number of pyridine rings is 1. The summed E-state index contributed by atoms with van der Waals surface area (Å²) in [6.45, 7) is 3.51. The lowest BCUT2D eigenvalue weighted by molar-refractivity contribution is 0.0792. The van der Waals surface area contributed by atoms with Gasteiger partial charge in [-0.3, -0.25) is 9.78 Å². The van der Waals surface area contributed by atoms with Crippen molar-refractivity contribution in [2.75, 3.05) is 13.1 Å². The lowest BCUT2D eigenvalue weighted by Gasteiger charge is -2.16. The van der Waals surface area contributed by atoms with Crippen molar-refractivity contribution in [2.24, 2.45) is 0 Å². The molecule has 1 fully saturated rings. The average Bonchev–Trinajstić information content (AvgIpc) is 3.22. The van der Waals surface area contributed by atoms with Crippen LogP contribution >= 0.6 is 0 Å². The molecule has 3 aromatic heterocycles. The first-order valence-corrected chi connectivity index (χ1v) is 7.73. The maximum absolute atomic E-state index is 12.8. The maximum Gasteiger partial charge on any atom is 0.259 e. The molecule has 0 aromatic carbocycles. The molecule has 1 saturated heterocycles. The van der Waals surface area contributed by atoms with Gasteiger partial charge in [-0.1, -0.05) is 6.07 Å². The Balaban J connectivity index is 1.58. The second kappa shape index (κ2) is 5.46. The fourth-order valence-electron chi connectivity index (χ4n) is 3.24. The summed E-state index contributed by atoms with van der Waals surface area (Å²) < 4.78 is 1.63. The van der Waals surface area contributed by atoms with Crippen LogP contribution in [-0.4, -0.2) is 43.5 Å². The van der Waals surface area contributed by atoms with Gasteiger partial charge < -0.3 is 4.90 Å². The van der Waals surface area contributed by atoms with E-state index in [2.05, 4.69) is 28.1 Å². The molecule has 4 rings (SSSR count). The van der Waals surface area contributed by atoms with Crippen molar-refractivity contribution < 1.29 is 4.79 Å². The molecular weight excluding hydrogens is 290 g/mol. The molecule has 1 atom stereocenters. The van der Waals surface area contributed by atoms with E-state index in [1.807, 2.05) is 17.2 Å². The monoisotopic (exact) mass is 307 g/mol. The van der Waals surface area contributed by atoms with Crippen LogP contribution in [0.3, 0.4) is 0 Å². The predicted octanol–water partition coefficient (Wildman–Crippen LogP) is 2.06. The van der Waals surface area contributed by atoms with Gasteiger partial charge in [0.2, 0.25) is 0 Å². The molecule has 1 unspecified atom stereocenters. The molecule has 6 nitrogen and oxygen atoms in total. The number of carbonyl (C=O) groups is 1. The van der Waals surface area contributed by atoms with E-state index in [1.165, 1.54) is 5.56 Å². The van der Waals surface area contributed by atoms with Gasteiger partial charge in [0.05, 0.1) is 6.20 Å². The molecule has 0 saturated carbocycles. The number of hydrogen-bond acceptors (Lipinski definition) is 4. The van der Waals surface area contributed by atoms with E-state index >= 15 is 0 Å². The van der Waals surface area contributed by atoms with Gasteiger partial charge in [0.15, 0.2) is 5.65 Å². The van der Waals surface area contributed by atoms with Crippen molar-refractivity contribution in [2.45, 2.75) is 19.3 Å². The van der Waals surface area contributed by atoms with Crippen LogP contribution in [0, 0.1) is 6.92 Å². The lowest BCUT2D eigenvalue weighted by atomic mass is 10.0. The number of likely N-dealkylation sites (tertiary alicyclic amines) is 1. The molecule has 6 heteroatoms. The van der Waals surface area contributed by atoms with Gasteiger partial charge in [-0.2, -0.15) is 5.10 Å². The molecule has 0 radical (unpaired) electrons. The van der Waals surface area contributed by atoms with E-state index in [4.69, 9.17) is 0 Å². The molecule has 0 N–H and O–H groups in total. The van der Waals surface area contributed by atoms with Crippen molar-refractivity contribution in [1.29, 1.82) is 0 Å². The maximum atomic E-state index is 12.8. The molecule has 1 aliphatic heterocycles. The first-order valence-electron chi connectivity index (χ1n) is 7.73. The second-order valence-electron chi connectivity index (χ2n) is 5.89. The Morgan fingerprint density at radius 2 is 2.13 bits per heavy atom. The third kappa shape index (κ3) is 2.36. The van der Waals surface area contributed by atoms with Crippen molar-refractivity contribution in [3.8, 4) is 0 Å². The van der Waals surface area contributed by atoms with Crippen molar-refractivity contribution in [1.82, 2.24) is 24.5 Å². The Bertz CT molecular complexity index is 872. The number of nitrogens with zero attached hydrogens (tertiary/aromatic N) is 5. The van der Waals surface area contributed by atoms with E-state index in [9.17, 15) is 4.79 Å². The van der Waals surface area contributed by atoms with Crippen molar-refractivity contribution in [3.63, 3.8) is 0 Å². The van der Waals surface area contributed by atoms with Gasteiger partial charge in [-0.25, -0.2) is 9.50 Å². The number of fused-ring (bicyclic) bond motifs is 1. The summed E-state index contributed by atoms with van der Waals surface area (Å²) in [5.74, 6) is 0.296. The zero-order chi connectivity index (χ0) is 15.8. The molecule has 3 aromatic rings. The number of aryl methyl sites for hydroxylation is 1. The summed E-state index contributed by atoms with van der Waals surface area (Å²) in [5, 5.41) is 4.20. The fraction of sp³-hybridized carbons (Fsp3) is 0.294. The number of aromatic nitrogens is 4. The van der Waals surface area contributed by atoms with E-state index in [0.717, 1.165) is 18.7 Å². The van der Waals surface area contributed by atoms with Gasteiger partial charge in [-0.15, -0.1) is 0 Å². The van der Waals surface area contributed by atoms with Gasteiger partial charge in [0.1, 0.15) is 5.56 Å². The standard InChI is InChI=1S/C17H17N5O/c1-12-4-2-6-18-15(12)13-5-9-21(11-13)17(23)14-10-20-22-8-3-7-19-16(14)22/h2-4,6-8,10,13H,5,9,11H2,1H3. The molecule has 4 heterocycles. The Morgan fingerprint density at radius 1 is 1.26 bits per heavy atom. The molecule has 1 amide bonds. The van der Waals surface area contributed by atoms with Crippen LogP contribution in [0.15, 0.2) is 43.0 Å². The van der Waals surface area contributed by atoms with E-state index in [0.29, 0.717) is 23.7 Å². The first kappa shape index (κ1) is 13.9. The summed E-state index contributed by atoms with van der Waals surface area (Å²) in [5.41, 5.74) is 3.45. The number of rotatable bonds is 2. The van der Waals surface area contributed by atoms with Crippen LogP contribution in [0.4, 0.5) is 0 Å². The molecule has 0 bridgehead atoms. The van der Waals surface area contributed by atoms with Crippen LogP contribution in [0.5, 0.6) is 0 Å². The highest BCUT2D eigenvalue weighted by molar-refractivity contribution is 5.99. The van der Waals surface area contributed by atoms with Crippen LogP contribution < -0.4 is 0 Å². The van der Waals surface area contributed by atoms with Crippen molar-refractivity contribution >= 4 is 11.6 Å². The molecule has 0 aliphatic carbocycles. The quantitative estimate of drug-likeness (QED) is 0.727. The lowest BCUT2D eigenvalue weighted by Crippen LogP contribution is -2.28. The van der Waals surface area contributed by atoms with Gasteiger partial charge in [-0.05, 0) is 31.0 Å². The largest absolute Gasteiger partial charge is 0.338 e. The van der Waals surface area contributed by atoms with E-state index < -0.39 is 0 Å². The summed E-state index contributed by atoms with van der Waals surface area (Å²) in [6, 6.07) is 5.81. The Hall–Kier alpha value is -2.76. The van der Waals surface area contributed by atoms with E-state index in [1.54, 1.807) is 29.2 Å². The first-order chi connectivity index (χ1) is 11.2. The minimum atomic E-state index is -0.00483. The third-order valence-corrected chi connectivity index (χ3v) is 4.42. The molecule has 0 spiro atoms. The number of amides is 1. The smallest absolute Gasteiger partial charge is 0.259 e. The molecular formula is C17H17N5O. The Kier molecular flexibility index (Phi) is 3.29. The van der Waals surface area contributed by atoms with Crippen LogP contribution in [0.25, 0.3) is 5.65 Å². The van der Waals surface area contributed by atoms with E-state index in [-0.39, 0.29) is 5.91 Å². The normalized spacial score (nSPS) is 17.8. The number of carbonyl (C=O) groups excluding carboxylic acids is 1. The molecule has 116 valence electrons. The highest BCUT2D eigenvalue weighted by Crippen LogP contribution is 2.29. The Labute approximate surface area is 133 Å². The Morgan fingerprint density at radius 3 is 3.00 bits per heavy atom. The SMILES string of the molecule is Cc1cccnc1C1CCN(C(=O)c2cnn3cccnc23)C1. The number of hydrogen-bond donors (Lipinski definition) is 0. The average molecular weight is 307 g/mol. The highest BCUT2D eigenvalue weighted by atomic mass is 16.2. The topological polar surface area (TPSA) is 63.4 Å². The van der Waals surface area contributed by atoms with Gasteiger partial charge >= 0.3 is 0 Å². The molecule has 23 heavy (non-hydrogen) atoms. The summed E-state index contributed by atoms with van der Waals surface area (Å²) in [7, 11) is 0. The van der Waals surface area contributed by atoms with Crippen LogP contribution in [0.2, 0.25) is 0 Å². The minimum Gasteiger partial charge on any atom is -0.338 e. The highest BCUT2D eigenvalue weighted by Gasteiger charge is 2.30. The minimum absolute atomic E-state index is 0.00483. The zero-order valence-electron chi connectivity index (χ0n) is 12.9. The zero-order valence-corrected chi connectivity index (χ0v) is 12.9. The van der Waals surface area contributed by atoms with Gasteiger partial charge in [0, 0.05) is 43.3 Å². The van der Waals surface area contributed by atoms with Crippen molar-refractivity contribution in [3.05, 3.63) is 59.8 Å². The van der Waals surface area contributed by atoms with Crippen LogP contribution in [-0.2, 0) is 0 Å².